The third-order valence-corrected chi connectivity index (χ3v) is 9.21. The zero-order valence-corrected chi connectivity index (χ0v) is 23.8. The Labute approximate surface area is 238 Å². The van der Waals surface area contributed by atoms with Crippen LogP contribution in [0.25, 0.3) is 0 Å². The summed E-state index contributed by atoms with van der Waals surface area (Å²) in [5.41, 5.74) is 3.72. The van der Waals surface area contributed by atoms with Crippen molar-refractivity contribution in [1.82, 2.24) is 9.62 Å². The second-order valence-electron chi connectivity index (χ2n) is 10.8. The third-order valence-electron chi connectivity index (χ3n) is 7.80. The standard InChI is InChI=1S/C32H40N2O5S/c35-24-26-13-15-27(16-14-26)31-21-29(23-34-19-7-2-1-3-8-20-34)38-32(39-31)28-17-11-25(12-18-28)22-33-40(36,37)30-9-5-4-6-10-30/h4-6,9-18,29,31-33,35H,1-3,7-8,19-24H2. The quantitative estimate of drug-likeness (QED) is 0.359. The molecular formula is C32H40N2O5S. The third kappa shape index (κ3) is 7.78. The van der Waals surface area contributed by atoms with E-state index in [-0.39, 0.29) is 30.3 Å². The lowest BCUT2D eigenvalue weighted by Crippen LogP contribution is -2.40. The molecule has 214 valence electrons. The van der Waals surface area contributed by atoms with E-state index in [2.05, 4.69) is 9.62 Å². The van der Waals surface area contributed by atoms with Gasteiger partial charge >= 0.3 is 0 Å². The number of nitrogens with one attached hydrogen (secondary N) is 1. The van der Waals surface area contributed by atoms with Crippen molar-refractivity contribution in [2.75, 3.05) is 19.6 Å². The molecule has 0 bridgehead atoms. The van der Waals surface area contributed by atoms with Crippen molar-refractivity contribution in [3.8, 4) is 0 Å². The van der Waals surface area contributed by atoms with Crippen LogP contribution in [0.5, 0.6) is 0 Å². The highest BCUT2D eigenvalue weighted by atomic mass is 32.2. The molecule has 0 aromatic heterocycles. The molecule has 2 aliphatic rings. The molecule has 40 heavy (non-hydrogen) atoms. The largest absolute Gasteiger partial charge is 0.392 e. The van der Waals surface area contributed by atoms with Crippen molar-refractivity contribution >= 4 is 10.0 Å². The van der Waals surface area contributed by atoms with Crippen molar-refractivity contribution in [3.63, 3.8) is 0 Å². The smallest absolute Gasteiger partial charge is 0.240 e. The Kier molecular flexibility index (Phi) is 10.0. The van der Waals surface area contributed by atoms with Crippen LogP contribution in [0.2, 0.25) is 0 Å². The second kappa shape index (κ2) is 13.9. The number of aliphatic hydroxyl groups is 1. The van der Waals surface area contributed by atoms with Gasteiger partial charge in [-0.05, 0) is 54.8 Å². The molecule has 2 heterocycles. The summed E-state index contributed by atoms with van der Waals surface area (Å²) in [5, 5.41) is 9.47. The summed E-state index contributed by atoms with van der Waals surface area (Å²) in [5.74, 6) is 0. The molecule has 0 aliphatic carbocycles. The van der Waals surface area contributed by atoms with Gasteiger partial charge in [0, 0.05) is 25.1 Å². The summed E-state index contributed by atoms with van der Waals surface area (Å²) < 4.78 is 40.9. The van der Waals surface area contributed by atoms with Crippen LogP contribution >= 0.6 is 0 Å². The Balaban J connectivity index is 1.28. The number of rotatable bonds is 9. The Morgan fingerprint density at radius 2 is 1.40 bits per heavy atom. The first-order valence-electron chi connectivity index (χ1n) is 14.4. The molecule has 3 unspecified atom stereocenters. The summed E-state index contributed by atoms with van der Waals surface area (Å²) in [6.07, 6.45) is 6.53. The highest BCUT2D eigenvalue weighted by Crippen LogP contribution is 2.38. The molecule has 2 N–H and O–H groups in total. The fourth-order valence-electron chi connectivity index (χ4n) is 5.47. The maximum atomic E-state index is 12.6. The summed E-state index contributed by atoms with van der Waals surface area (Å²) in [4.78, 5) is 2.79. The van der Waals surface area contributed by atoms with Crippen LogP contribution in [0, 0.1) is 0 Å². The van der Waals surface area contributed by atoms with E-state index in [9.17, 15) is 13.5 Å². The minimum Gasteiger partial charge on any atom is -0.392 e. The number of hydrogen-bond donors (Lipinski definition) is 2. The molecular weight excluding hydrogens is 524 g/mol. The van der Waals surface area contributed by atoms with Gasteiger partial charge in [0.15, 0.2) is 6.29 Å². The van der Waals surface area contributed by atoms with Gasteiger partial charge in [-0.25, -0.2) is 13.1 Å². The first-order chi connectivity index (χ1) is 19.5. The Morgan fingerprint density at radius 3 is 2.08 bits per heavy atom. The zero-order valence-electron chi connectivity index (χ0n) is 23.0. The average Bonchev–Trinajstić information content (AvgIpc) is 2.98. The number of likely N-dealkylation sites (tertiary alicyclic amines) is 1. The molecule has 0 saturated carbocycles. The average molecular weight is 565 g/mol. The van der Waals surface area contributed by atoms with E-state index in [0.29, 0.717) is 0 Å². The summed E-state index contributed by atoms with van der Waals surface area (Å²) in [6.45, 7) is 3.30. The van der Waals surface area contributed by atoms with Gasteiger partial charge in [-0.1, -0.05) is 86.0 Å². The first-order valence-corrected chi connectivity index (χ1v) is 15.8. The topological polar surface area (TPSA) is 88.1 Å². The molecule has 3 aromatic carbocycles. The number of sulfonamides is 1. The van der Waals surface area contributed by atoms with Crippen molar-refractivity contribution in [2.24, 2.45) is 0 Å². The Bertz CT molecular complexity index is 1290. The highest BCUT2D eigenvalue weighted by Gasteiger charge is 2.33. The summed E-state index contributed by atoms with van der Waals surface area (Å²) in [7, 11) is -3.58. The molecule has 5 rings (SSSR count). The number of ether oxygens (including phenoxy) is 2. The van der Waals surface area contributed by atoms with Crippen molar-refractivity contribution in [1.29, 1.82) is 0 Å². The van der Waals surface area contributed by atoms with Crippen LogP contribution in [0.1, 0.15) is 73.2 Å². The van der Waals surface area contributed by atoms with Crippen LogP contribution in [0.4, 0.5) is 0 Å². The van der Waals surface area contributed by atoms with Crippen LogP contribution in [-0.2, 0) is 32.6 Å². The van der Waals surface area contributed by atoms with E-state index in [1.165, 1.54) is 32.1 Å². The molecule has 0 amide bonds. The monoisotopic (exact) mass is 564 g/mol. The van der Waals surface area contributed by atoms with Gasteiger partial charge in [-0.2, -0.15) is 0 Å². The SMILES string of the molecule is O=S(=O)(NCc1ccc(C2OC(CN3CCCCCCC3)CC(c3ccc(CO)cc3)O2)cc1)c1ccccc1. The van der Waals surface area contributed by atoms with Gasteiger partial charge in [0.2, 0.25) is 10.0 Å². The van der Waals surface area contributed by atoms with Gasteiger partial charge in [0.05, 0.1) is 23.7 Å². The fourth-order valence-corrected chi connectivity index (χ4v) is 6.51. The molecule has 3 atom stereocenters. The normalized spacial score (nSPS) is 22.9. The molecule has 2 saturated heterocycles. The highest BCUT2D eigenvalue weighted by molar-refractivity contribution is 7.89. The van der Waals surface area contributed by atoms with E-state index in [1.807, 2.05) is 48.5 Å². The van der Waals surface area contributed by atoms with E-state index in [1.54, 1.807) is 30.3 Å². The van der Waals surface area contributed by atoms with Gasteiger partial charge in [-0.15, -0.1) is 0 Å². The zero-order chi connectivity index (χ0) is 27.8. The van der Waals surface area contributed by atoms with Crippen LogP contribution in [0.15, 0.2) is 83.8 Å². The molecule has 2 fully saturated rings. The molecule has 0 radical (unpaired) electrons. The number of hydrogen-bond acceptors (Lipinski definition) is 6. The van der Waals surface area contributed by atoms with Gasteiger partial charge in [0.25, 0.3) is 0 Å². The minimum absolute atomic E-state index is 0.0168. The van der Waals surface area contributed by atoms with Gasteiger partial charge < -0.3 is 19.5 Å². The number of aliphatic hydroxyl groups excluding tert-OH is 1. The maximum absolute atomic E-state index is 12.6. The van der Waals surface area contributed by atoms with Crippen LogP contribution in [0.3, 0.4) is 0 Å². The number of benzene rings is 3. The van der Waals surface area contributed by atoms with E-state index < -0.39 is 16.3 Å². The van der Waals surface area contributed by atoms with Crippen LogP contribution in [-0.4, -0.2) is 44.2 Å². The van der Waals surface area contributed by atoms with Crippen molar-refractivity contribution in [3.05, 3.63) is 101 Å². The second-order valence-corrected chi connectivity index (χ2v) is 12.6. The van der Waals surface area contributed by atoms with Gasteiger partial charge in [-0.3, -0.25) is 0 Å². The van der Waals surface area contributed by atoms with Crippen molar-refractivity contribution in [2.45, 2.75) is 75.1 Å². The maximum Gasteiger partial charge on any atom is 0.240 e. The van der Waals surface area contributed by atoms with Crippen LogP contribution < -0.4 is 4.72 Å². The van der Waals surface area contributed by atoms with E-state index in [4.69, 9.17) is 9.47 Å². The number of nitrogens with zero attached hydrogens (tertiary/aromatic N) is 1. The van der Waals surface area contributed by atoms with E-state index in [0.717, 1.165) is 48.3 Å². The predicted octanol–water partition coefficient (Wildman–Crippen LogP) is 5.47. The molecule has 3 aromatic rings. The first kappa shape index (κ1) is 28.9. The Morgan fingerprint density at radius 1 is 0.775 bits per heavy atom. The molecule has 8 heteroatoms. The lowest BCUT2D eigenvalue weighted by molar-refractivity contribution is -0.253. The molecule has 0 spiro atoms. The van der Waals surface area contributed by atoms with E-state index >= 15 is 0 Å². The van der Waals surface area contributed by atoms with Crippen molar-refractivity contribution < 1.29 is 23.0 Å². The summed E-state index contributed by atoms with van der Waals surface area (Å²) in [6, 6.07) is 24.1. The summed E-state index contributed by atoms with van der Waals surface area (Å²) >= 11 is 0. The molecule has 7 nitrogen and oxygen atoms in total. The lowest BCUT2D eigenvalue weighted by Gasteiger charge is -2.38. The predicted molar refractivity (Wildman–Crippen MR) is 155 cm³/mol. The van der Waals surface area contributed by atoms with Gasteiger partial charge in [0.1, 0.15) is 0 Å². The lowest BCUT2D eigenvalue weighted by atomic mass is 9.99. The Hall–Kier alpha value is -2.59. The fraction of sp³-hybridized carbons (Fsp3) is 0.438. The molecule has 2 aliphatic heterocycles. The minimum atomic E-state index is -3.58.